The standard InChI is InChI=1S/C22H28FN3O2S/c1-22(2,3)25-21(28)16-8-10-26(11-9-16)13-19-12-18(14-29-19)24-20(27)15-4-6-17(23)7-5-15/h4-7,12,14,16H,8-11,13H2,1-3H3,(H,24,27)(H,25,28). The molecule has 2 N–H and O–H groups in total. The van der Waals surface area contributed by atoms with Gasteiger partial charge in [-0.1, -0.05) is 0 Å². The topological polar surface area (TPSA) is 61.4 Å². The molecule has 2 heterocycles. The Morgan fingerprint density at radius 2 is 1.83 bits per heavy atom. The fraction of sp³-hybridized carbons (Fsp3) is 0.455. The molecule has 0 atom stereocenters. The molecule has 0 radical (unpaired) electrons. The first-order chi connectivity index (χ1) is 13.7. The summed E-state index contributed by atoms with van der Waals surface area (Å²) in [5, 5.41) is 7.85. The Morgan fingerprint density at radius 3 is 2.45 bits per heavy atom. The van der Waals surface area contributed by atoms with Crippen molar-refractivity contribution in [1.29, 1.82) is 0 Å². The second-order valence-corrected chi connectivity index (χ2v) is 9.55. The van der Waals surface area contributed by atoms with E-state index in [0.717, 1.165) is 43.0 Å². The highest BCUT2D eigenvalue weighted by molar-refractivity contribution is 7.10. The number of benzene rings is 1. The quantitative estimate of drug-likeness (QED) is 0.764. The molecule has 1 aromatic heterocycles. The van der Waals surface area contributed by atoms with Crippen LogP contribution >= 0.6 is 11.3 Å². The minimum Gasteiger partial charge on any atom is -0.351 e. The molecule has 0 spiro atoms. The Kier molecular flexibility index (Phi) is 6.70. The molecular weight excluding hydrogens is 389 g/mol. The van der Waals surface area contributed by atoms with Gasteiger partial charge >= 0.3 is 0 Å². The summed E-state index contributed by atoms with van der Waals surface area (Å²) >= 11 is 1.60. The molecule has 3 rings (SSSR count). The van der Waals surface area contributed by atoms with E-state index >= 15 is 0 Å². The predicted octanol–water partition coefficient (Wildman–Crippen LogP) is 4.27. The number of hydrogen-bond acceptors (Lipinski definition) is 4. The van der Waals surface area contributed by atoms with E-state index in [1.807, 2.05) is 32.2 Å². The van der Waals surface area contributed by atoms with E-state index < -0.39 is 0 Å². The van der Waals surface area contributed by atoms with Crippen LogP contribution in [0.4, 0.5) is 10.1 Å². The van der Waals surface area contributed by atoms with E-state index in [4.69, 9.17) is 0 Å². The van der Waals surface area contributed by atoms with Gasteiger partial charge in [0.15, 0.2) is 0 Å². The van der Waals surface area contributed by atoms with Crippen molar-refractivity contribution in [2.45, 2.75) is 45.7 Å². The van der Waals surface area contributed by atoms with Crippen LogP contribution in [0.5, 0.6) is 0 Å². The number of halogens is 1. The molecule has 0 unspecified atom stereocenters. The van der Waals surface area contributed by atoms with Crippen LogP contribution in [0.15, 0.2) is 35.7 Å². The molecule has 5 nitrogen and oxygen atoms in total. The van der Waals surface area contributed by atoms with Gasteiger partial charge < -0.3 is 10.6 Å². The van der Waals surface area contributed by atoms with Gasteiger partial charge in [-0.3, -0.25) is 14.5 Å². The third-order valence-electron chi connectivity index (χ3n) is 4.85. The molecule has 1 saturated heterocycles. The first-order valence-corrected chi connectivity index (χ1v) is 10.8. The van der Waals surface area contributed by atoms with Crippen molar-refractivity contribution in [3.8, 4) is 0 Å². The van der Waals surface area contributed by atoms with Crippen LogP contribution in [0.3, 0.4) is 0 Å². The average Bonchev–Trinajstić information content (AvgIpc) is 3.08. The molecule has 2 amide bonds. The number of piperidine rings is 1. The minimum absolute atomic E-state index is 0.0827. The van der Waals surface area contributed by atoms with Crippen LogP contribution in [0.2, 0.25) is 0 Å². The average molecular weight is 418 g/mol. The lowest BCUT2D eigenvalue weighted by atomic mass is 9.94. The summed E-state index contributed by atoms with van der Waals surface area (Å²) in [5.74, 6) is -0.377. The Balaban J connectivity index is 1.48. The molecule has 1 aliphatic heterocycles. The molecule has 0 aliphatic carbocycles. The van der Waals surface area contributed by atoms with Gasteiger partial charge in [0.1, 0.15) is 5.82 Å². The number of likely N-dealkylation sites (tertiary alicyclic amines) is 1. The van der Waals surface area contributed by atoms with Gasteiger partial charge in [0.25, 0.3) is 5.91 Å². The van der Waals surface area contributed by atoms with Gasteiger partial charge in [0.2, 0.25) is 5.91 Å². The van der Waals surface area contributed by atoms with Crippen molar-refractivity contribution in [3.63, 3.8) is 0 Å². The van der Waals surface area contributed by atoms with Crippen LogP contribution in [-0.4, -0.2) is 35.3 Å². The monoisotopic (exact) mass is 417 g/mol. The normalized spacial score (nSPS) is 15.9. The maximum atomic E-state index is 13.0. The zero-order valence-electron chi connectivity index (χ0n) is 17.1. The number of hydrogen-bond donors (Lipinski definition) is 2. The fourth-order valence-electron chi connectivity index (χ4n) is 3.38. The Bertz CT molecular complexity index is 850. The zero-order chi connectivity index (χ0) is 21.0. The molecule has 0 saturated carbocycles. The lowest BCUT2D eigenvalue weighted by Gasteiger charge is -2.32. The van der Waals surface area contributed by atoms with Gasteiger partial charge in [-0.15, -0.1) is 11.3 Å². The number of carbonyl (C=O) groups is 2. The number of amides is 2. The molecule has 7 heteroatoms. The second kappa shape index (κ2) is 9.05. The maximum absolute atomic E-state index is 13.0. The largest absolute Gasteiger partial charge is 0.351 e. The fourth-order valence-corrected chi connectivity index (χ4v) is 4.24. The SMILES string of the molecule is CC(C)(C)NC(=O)C1CCN(Cc2cc(NC(=O)c3ccc(F)cc3)cs2)CC1. The van der Waals surface area contributed by atoms with Crippen LogP contribution in [0.1, 0.15) is 48.8 Å². The van der Waals surface area contributed by atoms with Crippen LogP contribution in [-0.2, 0) is 11.3 Å². The number of thiophene rings is 1. The number of nitrogens with one attached hydrogen (secondary N) is 2. The number of carbonyl (C=O) groups excluding carboxylic acids is 2. The lowest BCUT2D eigenvalue weighted by molar-refractivity contribution is -0.127. The molecule has 1 aliphatic rings. The summed E-state index contributed by atoms with van der Waals surface area (Å²) in [5.41, 5.74) is 0.980. The summed E-state index contributed by atoms with van der Waals surface area (Å²) in [6.45, 7) is 8.59. The third-order valence-corrected chi connectivity index (χ3v) is 5.78. The van der Waals surface area contributed by atoms with E-state index in [9.17, 15) is 14.0 Å². The van der Waals surface area contributed by atoms with Crippen LogP contribution in [0, 0.1) is 11.7 Å². The van der Waals surface area contributed by atoms with Gasteiger partial charge in [-0.25, -0.2) is 4.39 Å². The van der Waals surface area contributed by atoms with Crippen molar-refractivity contribution in [2.75, 3.05) is 18.4 Å². The number of nitrogens with zero attached hydrogens (tertiary/aromatic N) is 1. The van der Waals surface area contributed by atoms with Crippen LogP contribution in [0.25, 0.3) is 0 Å². The minimum atomic E-state index is -0.362. The number of anilines is 1. The van der Waals surface area contributed by atoms with Gasteiger partial charge in [0, 0.05) is 33.8 Å². The van der Waals surface area contributed by atoms with E-state index in [-0.39, 0.29) is 29.1 Å². The Morgan fingerprint density at radius 1 is 1.17 bits per heavy atom. The molecule has 2 aromatic rings. The van der Waals surface area contributed by atoms with Gasteiger partial charge in [0.05, 0.1) is 5.69 Å². The third kappa shape index (κ3) is 6.37. The maximum Gasteiger partial charge on any atom is 0.255 e. The first kappa shape index (κ1) is 21.5. The highest BCUT2D eigenvalue weighted by Crippen LogP contribution is 2.25. The molecule has 1 fully saturated rings. The molecule has 1 aromatic carbocycles. The summed E-state index contributed by atoms with van der Waals surface area (Å²) < 4.78 is 13.0. The first-order valence-electron chi connectivity index (χ1n) is 9.88. The predicted molar refractivity (Wildman–Crippen MR) is 115 cm³/mol. The van der Waals surface area contributed by atoms with Crippen LogP contribution < -0.4 is 10.6 Å². The Hall–Kier alpha value is -2.25. The van der Waals surface area contributed by atoms with E-state index in [1.54, 1.807) is 11.3 Å². The molecule has 156 valence electrons. The molecular formula is C22H28FN3O2S. The van der Waals surface area contributed by atoms with Gasteiger partial charge in [-0.2, -0.15) is 0 Å². The summed E-state index contributed by atoms with van der Waals surface area (Å²) in [6, 6.07) is 7.47. The van der Waals surface area contributed by atoms with E-state index in [1.165, 1.54) is 24.3 Å². The van der Waals surface area contributed by atoms with Crippen molar-refractivity contribution in [1.82, 2.24) is 10.2 Å². The summed E-state index contributed by atoms with van der Waals surface area (Å²) in [6.07, 6.45) is 1.73. The summed E-state index contributed by atoms with van der Waals surface area (Å²) in [7, 11) is 0. The van der Waals surface area contributed by atoms with Crippen molar-refractivity contribution in [2.24, 2.45) is 5.92 Å². The zero-order valence-corrected chi connectivity index (χ0v) is 17.9. The highest BCUT2D eigenvalue weighted by Gasteiger charge is 2.27. The van der Waals surface area contributed by atoms with Crippen molar-refractivity contribution < 1.29 is 14.0 Å². The van der Waals surface area contributed by atoms with E-state index in [2.05, 4.69) is 15.5 Å². The molecule has 0 bridgehead atoms. The second-order valence-electron chi connectivity index (χ2n) is 8.55. The van der Waals surface area contributed by atoms with Crippen molar-refractivity contribution >= 4 is 28.8 Å². The Labute approximate surface area is 175 Å². The lowest BCUT2D eigenvalue weighted by Crippen LogP contribution is -2.46. The van der Waals surface area contributed by atoms with E-state index in [0.29, 0.717) is 5.56 Å². The van der Waals surface area contributed by atoms with Gasteiger partial charge in [-0.05, 0) is 77.0 Å². The molecule has 29 heavy (non-hydrogen) atoms. The smallest absolute Gasteiger partial charge is 0.255 e. The number of rotatable bonds is 5. The van der Waals surface area contributed by atoms with Crippen molar-refractivity contribution in [3.05, 3.63) is 52.0 Å². The highest BCUT2D eigenvalue weighted by atomic mass is 32.1. The summed E-state index contributed by atoms with van der Waals surface area (Å²) in [4.78, 5) is 28.1.